The van der Waals surface area contributed by atoms with Crippen molar-refractivity contribution in [3.63, 3.8) is 0 Å². The largest absolute Gasteiger partial charge is 0.479 e. The Labute approximate surface area is 132 Å². The number of H-pyrrole nitrogens is 2. The van der Waals surface area contributed by atoms with Crippen LogP contribution in [0.25, 0.3) is 11.0 Å². The van der Waals surface area contributed by atoms with Crippen LogP contribution >= 0.6 is 0 Å². The Bertz CT molecular complexity index is 934. The van der Waals surface area contributed by atoms with Gasteiger partial charge in [0.15, 0.2) is 5.66 Å². The lowest BCUT2D eigenvalue weighted by molar-refractivity contribution is -0.384. The molecule has 0 amide bonds. The van der Waals surface area contributed by atoms with Crippen molar-refractivity contribution in [1.82, 2.24) is 15.3 Å². The molecule has 0 radical (unpaired) electrons. The number of carboxylic acids is 1. The number of aliphatic carboxylic acids is 1. The first-order valence-corrected chi connectivity index (χ1v) is 6.49. The van der Waals surface area contributed by atoms with Gasteiger partial charge in [-0.05, 0) is 5.56 Å². The molecule has 1 atom stereocenters. The molecule has 0 aliphatic heterocycles. The van der Waals surface area contributed by atoms with E-state index in [9.17, 15) is 24.5 Å². The Morgan fingerprint density at radius 2 is 1.96 bits per heavy atom. The standard InChI is InChI=1S/C12H13N5O7/c13-12(4-18,11(21)22)14-3-5-1-6(17(23)24)2-7-8(5)16-10(20)9(19)15-7/h1-2,14,18H,3-4,13H2,(H,15,19)(H,16,20)(H,21,22). The van der Waals surface area contributed by atoms with Gasteiger partial charge in [0.25, 0.3) is 5.69 Å². The van der Waals surface area contributed by atoms with Crippen LogP contribution < -0.4 is 22.2 Å². The van der Waals surface area contributed by atoms with E-state index in [1.165, 1.54) is 0 Å². The molecule has 12 nitrogen and oxygen atoms in total. The summed E-state index contributed by atoms with van der Waals surface area (Å²) in [5.74, 6) is -1.54. The number of aromatic amines is 2. The summed E-state index contributed by atoms with van der Waals surface area (Å²) in [7, 11) is 0. The molecular formula is C12H13N5O7. The highest BCUT2D eigenvalue weighted by atomic mass is 16.6. The normalized spacial score (nSPS) is 13.6. The summed E-state index contributed by atoms with van der Waals surface area (Å²) in [4.78, 5) is 48.6. The van der Waals surface area contributed by atoms with Crippen LogP contribution in [0.5, 0.6) is 0 Å². The van der Waals surface area contributed by atoms with Crippen molar-refractivity contribution in [1.29, 1.82) is 0 Å². The van der Waals surface area contributed by atoms with Gasteiger partial charge >= 0.3 is 17.1 Å². The van der Waals surface area contributed by atoms with Crippen LogP contribution in [0.3, 0.4) is 0 Å². The lowest BCUT2D eigenvalue weighted by Crippen LogP contribution is -2.62. The molecule has 1 heterocycles. The van der Waals surface area contributed by atoms with E-state index < -0.39 is 34.3 Å². The molecule has 0 saturated heterocycles. The molecule has 12 heteroatoms. The number of fused-ring (bicyclic) bond motifs is 1. The third-order valence-electron chi connectivity index (χ3n) is 3.33. The average molecular weight is 339 g/mol. The van der Waals surface area contributed by atoms with Crippen LogP contribution in [0.2, 0.25) is 0 Å². The Hall–Kier alpha value is -3.09. The van der Waals surface area contributed by atoms with Crippen LogP contribution in [0.15, 0.2) is 21.7 Å². The van der Waals surface area contributed by atoms with E-state index >= 15 is 0 Å². The molecule has 0 aliphatic rings. The van der Waals surface area contributed by atoms with Crippen LogP contribution in [0.1, 0.15) is 5.56 Å². The minimum Gasteiger partial charge on any atom is -0.479 e. The topological polar surface area (TPSA) is 204 Å². The van der Waals surface area contributed by atoms with Crippen LogP contribution in [-0.2, 0) is 11.3 Å². The van der Waals surface area contributed by atoms with Gasteiger partial charge in [-0.3, -0.25) is 25.0 Å². The molecule has 1 unspecified atom stereocenters. The second-order valence-corrected chi connectivity index (χ2v) is 4.98. The molecule has 0 spiro atoms. The highest BCUT2D eigenvalue weighted by molar-refractivity contribution is 5.81. The Morgan fingerprint density at radius 3 is 2.50 bits per heavy atom. The predicted octanol–water partition coefficient (Wildman–Crippen LogP) is -2.05. The second kappa shape index (κ2) is 6.19. The SMILES string of the molecule is NC(CO)(NCc1cc([N+](=O)[O-])cc2[nH]c(=O)c(=O)[nH]c12)C(=O)O. The summed E-state index contributed by atoms with van der Waals surface area (Å²) in [5.41, 5.74) is 1.10. The number of nitro groups is 1. The number of nitrogens with one attached hydrogen (secondary N) is 3. The number of nitro benzene ring substituents is 1. The minimum atomic E-state index is -2.18. The zero-order chi connectivity index (χ0) is 18.1. The summed E-state index contributed by atoms with van der Waals surface area (Å²) < 4.78 is 0. The van der Waals surface area contributed by atoms with E-state index in [0.29, 0.717) is 0 Å². The third kappa shape index (κ3) is 3.15. The van der Waals surface area contributed by atoms with E-state index in [1.54, 1.807) is 0 Å². The van der Waals surface area contributed by atoms with Crippen molar-refractivity contribution in [2.45, 2.75) is 12.2 Å². The lowest BCUT2D eigenvalue weighted by atomic mass is 10.1. The number of non-ortho nitro benzene ring substituents is 1. The number of nitrogens with zero attached hydrogens (tertiary/aromatic N) is 1. The fourth-order valence-corrected chi connectivity index (χ4v) is 1.98. The van der Waals surface area contributed by atoms with Gasteiger partial charge in [0.2, 0.25) is 0 Å². The summed E-state index contributed by atoms with van der Waals surface area (Å²) in [6.07, 6.45) is 0. The molecule has 0 fully saturated rings. The van der Waals surface area contributed by atoms with E-state index in [4.69, 9.17) is 15.9 Å². The van der Waals surface area contributed by atoms with Gasteiger partial charge in [0.1, 0.15) is 0 Å². The maximum Gasteiger partial charge on any atom is 0.341 e. The molecule has 2 rings (SSSR count). The minimum absolute atomic E-state index is 0.00690. The number of benzene rings is 1. The lowest BCUT2D eigenvalue weighted by Gasteiger charge is -2.23. The number of carboxylic acid groups (broad SMARTS) is 1. The number of aromatic nitrogens is 2. The summed E-state index contributed by atoms with van der Waals surface area (Å²) >= 11 is 0. The molecular weight excluding hydrogens is 326 g/mol. The van der Waals surface area contributed by atoms with Gasteiger partial charge < -0.3 is 25.9 Å². The highest BCUT2D eigenvalue weighted by Gasteiger charge is 2.33. The fraction of sp³-hybridized carbons (Fsp3) is 0.250. The molecule has 128 valence electrons. The number of carbonyl (C=O) groups is 1. The molecule has 0 aliphatic carbocycles. The van der Waals surface area contributed by atoms with E-state index in [0.717, 1.165) is 12.1 Å². The van der Waals surface area contributed by atoms with Gasteiger partial charge in [0.05, 0.1) is 22.6 Å². The van der Waals surface area contributed by atoms with Gasteiger partial charge in [-0.15, -0.1) is 0 Å². The van der Waals surface area contributed by atoms with Gasteiger partial charge in [0, 0.05) is 18.7 Å². The third-order valence-corrected chi connectivity index (χ3v) is 3.33. The number of aliphatic hydroxyl groups is 1. The van der Waals surface area contributed by atoms with Crippen molar-refractivity contribution >= 4 is 22.7 Å². The highest BCUT2D eigenvalue weighted by Crippen LogP contribution is 2.21. The molecule has 7 N–H and O–H groups in total. The molecule has 0 bridgehead atoms. The molecule has 1 aromatic carbocycles. The summed E-state index contributed by atoms with van der Waals surface area (Å²) in [6, 6.07) is 2.14. The molecule has 24 heavy (non-hydrogen) atoms. The van der Waals surface area contributed by atoms with Crippen LogP contribution in [0, 0.1) is 10.1 Å². The number of rotatable bonds is 6. The first kappa shape index (κ1) is 17.3. The van der Waals surface area contributed by atoms with Crippen molar-refractivity contribution in [3.8, 4) is 0 Å². The Kier molecular flexibility index (Phi) is 4.45. The average Bonchev–Trinajstić information content (AvgIpc) is 2.53. The number of nitrogens with two attached hydrogens (primary N) is 1. The first-order valence-electron chi connectivity index (χ1n) is 6.49. The number of hydrogen-bond acceptors (Lipinski definition) is 8. The van der Waals surface area contributed by atoms with Crippen molar-refractivity contribution < 1.29 is 19.9 Å². The Balaban J connectivity index is 2.57. The van der Waals surface area contributed by atoms with Crippen molar-refractivity contribution in [2.75, 3.05) is 6.61 Å². The Morgan fingerprint density at radius 1 is 1.33 bits per heavy atom. The van der Waals surface area contributed by atoms with Gasteiger partial charge in [-0.1, -0.05) is 0 Å². The first-order chi connectivity index (χ1) is 11.2. The molecule has 0 saturated carbocycles. The summed E-state index contributed by atoms with van der Waals surface area (Å²) in [5, 5.41) is 31.4. The quantitative estimate of drug-likeness (QED) is 0.148. The fourth-order valence-electron chi connectivity index (χ4n) is 1.98. The maximum absolute atomic E-state index is 11.5. The van der Waals surface area contributed by atoms with Crippen molar-refractivity contribution in [2.24, 2.45) is 5.73 Å². The molecule has 2 aromatic rings. The number of aliphatic hydroxyl groups excluding tert-OH is 1. The van der Waals surface area contributed by atoms with Crippen molar-refractivity contribution in [3.05, 3.63) is 48.5 Å². The summed E-state index contributed by atoms with van der Waals surface area (Å²) in [6.45, 7) is -1.27. The zero-order valence-corrected chi connectivity index (χ0v) is 12.0. The second-order valence-electron chi connectivity index (χ2n) is 4.98. The van der Waals surface area contributed by atoms with Gasteiger partial charge in [-0.25, -0.2) is 4.79 Å². The monoisotopic (exact) mass is 339 g/mol. The maximum atomic E-state index is 11.5. The van der Waals surface area contributed by atoms with Gasteiger partial charge in [-0.2, -0.15) is 0 Å². The zero-order valence-electron chi connectivity index (χ0n) is 12.0. The smallest absolute Gasteiger partial charge is 0.341 e. The molecule has 1 aromatic heterocycles. The van der Waals surface area contributed by atoms with E-state index in [1.807, 2.05) is 0 Å². The van der Waals surface area contributed by atoms with E-state index in [-0.39, 0.29) is 28.8 Å². The van der Waals surface area contributed by atoms with Crippen LogP contribution in [-0.4, -0.2) is 43.3 Å². The van der Waals surface area contributed by atoms with E-state index in [2.05, 4.69) is 15.3 Å². The van der Waals surface area contributed by atoms with Crippen LogP contribution in [0.4, 0.5) is 5.69 Å². The predicted molar refractivity (Wildman–Crippen MR) is 80.3 cm³/mol. The number of hydrogen-bond donors (Lipinski definition) is 6.